The summed E-state index contributed by atoms with van der Waals surface area (Å²) in [6.45, 7) is 0.234. The predicted octanol–water partition coefficient (Wildman–Crippen LogP) is 2.96. The molecule has 5 rings (SSSR count). The molecule has 1 saturated carbocycles. The van der Waals surface area contributed by atoms with E-state index in [0.29, 0.717) is 11.6 Å². The zero-order chi connectivity index (χ0) is 16.1. The number of aromatic nitrogens is 2. The lowest BCUT2D eigenvalue weighted by atomic mass is 9.94. The highest BCUT2D eigenvalue weighted by atomic mass is 16.7. The van der Waals surface area contributed by atoms with Crippen LogP contribution in [0.4, 0.5) is 5.82 Å². The number of aromatic amines is 1. The summed E-state index contributed by atoms with van der Waals surface area (Å²) in [4.78, 5) is 20.3. The lowest BCUT2D eigenvalue weighted by molar-refractivity contribution is -0.118. The zero-order valence-corrected chi connectivity index (χ0v) is 12.8. The maximum absolute atomic E-state index is 12.8. The standard InChI is InChI=1S/C18H15N3O3/c22-17(21-15-4-1-11-5-8-19-16(11)20-15)18(6-7-18)12-2-3-13-14(9-12)24-10-23-13/h1-5,8-9H,6-7,10H2,(H2,19,20,21,22). The van der Waals surface area contributed by atoms with Gasteiger partial charge in [0, 0.05) is 11.6 Å². The summed E-state index contributed by atoms with van der Waals surface area (Å²) in [5, 5.41) is 3.97. The second kappa shape index (κ2) is 4.74. The molecule has 1 aromatic carbocycles. The Hall–Kier alpha value is -3.02. The van der Waals surface area contributed by atoms with Gasteiger partial charge in [-0.05, 0) is 48.7 Å². The molecule has 1 fully saturated rings. The second-order valence-corrected chi connectivity index (χ2v) is 6.22. The monoisotopic (exact) mass is 321 g/mol. The number of rotatable bonds is 3. The molecule has 1 amide bonds. The highest BCUT2D eigenvalue weighted by molar-refractivity contribution is 6.01. The number of nitrogens with one attached hydrogen (secondary N) is 2. The molecule has 2 N–H and O–H groups in total. The number of carbonyl (C=O) groups is 1. The van der Waals surface area contributed by atoms with Crippen molar-refractivity contribution < 1.29 is 14.3 Å². The van der Waals surface area contributed by atoms with Crippen molar-refractivity contribution >= 4 is 22.8 Å². The van der Waals surface area contributed by atoms with E-state index in [1.165, 1.54) is 0 Å². The summed E-state index contributed by atoms with van der Waals surface area (Å²) in [7, 11) is 0. The van der Waals surface area contributed by atoms with Crippen molar-refractivity contribution in [3.05, 3.63) is 48.2 Å². The summed E-state index contributed by atoms with van der Waals surface area (Å²) < 4.78 is 10.8. The van der Waals surface area contributed by atoms with Gasteiger partial charge < -0.3 is 19.8 Å². The molecule has 0 radical (unpaired) electrons. The molecule has 6 nitrogen and oxygen atoms in total. The molecule has 6 heteroatoms. The lowest BCUT2D eigenvalue weighted by Gasteiger charge is -2.16. The minimum atomic E-state index is -0.493. The van der Waals surface area contributed by atoms with E-state index in [1.807, 2.05) is 42.6 Å². The highest BCUT2D eigenvalue weighted by Gasteiger charge is 2.51. The minimum absolute atomic E-state index is 0.0280. The Bertz CT molecular complexity index is 959. The first-order valence-corrected chi connectivity index (χ1v) is 7.90. The molecule has 0 unspecified atom stereocenters. The Labute approximate surface area is 137 Å². The van der Waals surface area contributed by atoms with Crippen molar-refractivity contribution in [3.63, 3.8) is 0 Å². The molecule has 24 heavy (non-hydrogen) atoms. The number of carbonyl (C=O) groups excluding carboxylic acids is 1. The Morgan fingerprint density at radius 3 is 2.88 bits per heavy atom. The van der Waals surface area contributed by atoms with Gasteiger partial charge in [-0.2, -0.15) is 0 Å². The molecule has 2 aromatic heterocycles. The SMILES string of the molecule is O=C(Nc1ccc2cc[nH]c2n1)C1(c2ccc3c(c2)OCO3)CC1. The molecular formula is C18H15N3O3. The molecule has 0 saturated heterocycles. The summed E-state index contributed by atoms with van der Waals surface area (Å²) in [6, 6.07) is 11.4. The van der Waals surface area contributed by atoms with Crippen molar-refractivity contribution in [3.8, 4) is 11.5 Å². The maximum Gasteiger partial charge on any atom is 0.236 e. The minimum Gasteiger partial charge on any atom is -0.454 e. The van der Waals surface area contributed by atoms with Gasteiger partial charge in [-0.25, -0.2) is 4.98 Å². The first kappa shape index (κ1) is 13.4. The highest BCUT2D eigenvalue weighted by Crippen LogP contribution is 2.51. The molecule has 3 aromatic rings. The van der Waals surface area contributed by atoms with Crippen LogP contribution < -0.4 is 14.8 Å². The van der Waals surface area contributed by atoms with E-state index < -0.39 is 5.41 Å². The predicted molar refractivity (Wildman–Crippen MR) is 88.2 cm³/mol. The lowest BCUT2D eigenvalue weighted by Crippen LogP contribution is -2.28. The number of H-pyrrole nitrogens is 1. The van der Waals surface area contributed by atoms with Gasteiger partial charge in [-0.3, -0.25) is 4.79 Å². The number of pyridine rings is 1. The van der Waals surface area contributed by atoms with E-state index >= 15 is 0 Å². The van der Waals surface area contributed by atoms with Gasteiger partial charge in [0.05, 0.1) is 5.41 Å². The first-order chi connectivity index (χ1) is 11.7. The third-order valence-electron chi connectivity index (χ3n) is 4.76. The third-order valence-corrected chi connectivity index (χ3v) is 4.76. The fourth-order valence-electron chi connectivity index (χ4n) is 3.20. The van der Waals surface area contributed by atoms with Crippen molar-refractivity contribution in [2.75, 3.05) is 12.1 Å². The fourth-order valence-corrected chi connectivity index (χ4v) is 3.20. The zero-order valence-electron chi connectivity index (χ0n) is 12.8. The quantitative estimate of drug-likeness (QED) is 0.777. The second-order valence-electron chi connectivity index (χ2n) is 6.22. The number of amides is 1. The van der Waals surface area contributed by atoms with Crippen LogP contribution in [0.5, 0.6) is 11.5 Å². The van der Waals surface area contributed by atoms with Crippen LogP contribution in [0.25, 0.3) is 11.0 Å². The molecule has 120 valence electrons. The summed E-state index contributed by atoms with van der Waals surface area (Å²) >= 11 is 0. The summed E-state index contributed by atoms with van der Waals surface area (Å²) in [6.07, 6.45) is 3.48. The third kappa shape index (κ3) is 1.96. The Morgan fingerprint density at radius 1 is 1.12 bits per heavy atom. The molecule has 3 heterocycles. The number of nitrogens with zero attached hydrogens (tertiary/aromatic N) is 1. The summed E-state index contributed by atoms with van der Waals surface area (Å²) in [5.74, 6) is 1.97. The van der Waals surface area contributed by atoms with Crippen LogP contribution in [0.15, 0.2) is 42.6 Å². The van der Waals surface area contributed by atoms with E-state index in [9.17, 15) is 4.79 Å². The van der Waals surface area contributed by atoms with Crippen molar-refractivity contribution in [1.82, 2.24) is 9.97 Å². The Kier molecular flexibility index (Phi) is 2.65. The Morgan fingerprint density at radius 2 is 2.00 bits per heavy atom. The smallest absolute Gasteiger partial charge is 0.236 e. The van der Waals surface area contributed by atoms with E-state index in [0.717, 1.165) is 35.2 Å². The number of ether oxygens (including phenoxy) is 2. The molecule has 0 spiro atoms. The van der Waals surface area contributed by atoms with Crippen molar-refractivity contribution in [2.24, 2.45) is 0 Å². The average molecular weight is 321 g/mol. The molecule has 1 aliphatic heterocycles. The number of fused-ring (bicyclic) bond motifs is 2. The van der Waals surface area contributed by atoms with Gasteiger partial charge in [0.1, 0.15) is 11.5 Å². The molecular weight excluding hydrogens is 306 g/mol. The number of hydrogen-bond donors (Lipinski definition) is 2. The van der Waals surface area contributed by atoms with E-state index in [1.54, 1.807) is 0 Å². The van der Waals surface area contributed by atoms with E-state index in [2.05, 4.69) is 15.3 Å². The van der Waals surface area contributed by atoms with Crippen LogP contribution in [0.1, 0.15) is 18.4 Å². The molecule has 2 aliphatic rings. The molecule has 1 aliphatic carbocycles. The number of hydrogen-bond acceptors (Lipinski definition) is 4. The molecule has 0 atom stereocenters. The first-order valence-electron chi connectivity index (χ1n) is 7.90. The number of anilines is 1. The van der Waals surface area contributed by atoms with Crippen LogP contribution in [0, 0.1) is 0 Å². The average Bonchev–Trinajstić information content (AvgIpc) is 3.05. The van der Waals surface area contributed by atoms with Crippen LogP contribution >= 0.6 is 0 Å². The fraction of sp³-hybridized carbons (Fsp3) is 0.222. The normalized spacial score (nSPS) is 17.0. The van der Waals surface area contributed by atoms with E-state index in [-0.39, 0.29) is 12.7 Å². The van der Waals surface area contributed by atoms with Crippen LogP contribution in [-0.4, -0.2) is 22.7 Å². The molecule has 0 bridgehead atoms. The largest absolute Gasteiger partial charge is 0.454 e. The maximum atomic E-state index is 12.8. The van der Waals surface area contributed by atoms with Crippen molar-refractivity contribution in [2.45, 2.75) is 18.3 Å². The van der Waals surface area contributed by atoms with Gasteiger partial charge in [0.15, 0.2) is 11.5 Å². The van der Waals surface area contributed by atoms with Crippen molar-refractivity contribution in [1.29, 1.82) is 0 Å². The van der Waals surface area contributed by atoms with Gasteiger partial charge in [-0.1, -0.05) is 6.07 Å². The van der Waals surface area contributed by atoms with Crippen LogP contribution in [0.3, 0.4) is 0 Å². The van der Waals surface area contributed by atoms with Gasteiger partial charge in [-0.15, -0.1) is 0 Å². The summed E-state index contributed by atoms with van der Waals surface area (Å²) in [5.41, 5.74) is 1.24. The van der Waals surface area contributed by atoms with Crippen LogP contribution in [0.2, 0.25) is 0 Å². The van der Waals surface area contributed by atoms with Gasteiger partial charge in [0.2, 0.25) is 12.7 Å². The number of benzene rings is 1. The topological polar surface area (TPSA) is 76.2 Å². The van der Waals surface area contributed by atoms with Crippen LogP contribution in [-0.2, 0) is 10.2 Å². The van der Waals surface area contributed by atoms with Gasteiger partial charge >= 0.3 is 0 Å². The van der Waals surface area contributed by atoms with E-state index in [4.69, 9.17) is 9.47 Å². The van der Waals surface area contributed by atoms with Gasteiger partial charge in [0.25, 0.3) is 0 Å². The Balaban J connectivity index is 1.43.